The number of amides is 3. The Morgan fingerprint density at radius 1 is 1.12 bits per heavy atom. The van der Waals surface area contributed by atoms with Crippen molar-refractivity contribution in [3.8, 4) is 11.3 Å². The normalized spacial score (nSPS) is 14.7. The molecular weight excluding hydrogens is 446 g/mol. The van der Waals surface area contributed by atoms with E-state index in [0.29, 0.717) is 22.8 Å². The first kappa shape index (κ1) is 22.0. The molecule has 3 amide bonds. The van der Waals surface area contributed by atoms with Crippen LogP contribution < -0.4 is 5.32 Å². The van der Waals surface area contributed by atoms with Gasteiger partial charge in [-0.25, -0.2) is 0 Å². The van der Waals surface area contributed by atoms with Crippen LogP contribution in [-0.4, -0.2) is 33.4 Å². The molecule has 0 unspecified atom stereocenters. The van der Waals surface area contributed by atoms with Gasteiger partial charge in [0.2, 0.25) is 5.91 Å². The average Bonchev–Trinajstić information content (AvgIpc) is 3.36. The number of non-ortho nitro benzene ring substituents is 1. The average molecular weight is 463 g/mol. The Morgan fingerprint density at radius 3 is 2.55 bits per heavy atom. The highest BCUT2D eigenvalue weighted by atomic mass is 32.2. The van der Waals surface area contributed by atoms with Gasteiger partial charge in [-0.2, -0.15) is 0 Å². The van der Waals surface area contributed by atoms with E-state index in [2.05, 4.69) is 5.32 Å². The molecule has 1 aliphatic heterocycles. The summed E-state index contributed by atoms with van der Waals surface area (Å²) in [5.74, 6) is -0.282. The number of nitrogens with zero attached hydrogens (tertiary/aromatic N) is 2. The van der Waals surface area contributed by atoms with E-state index < -0.39 is 28.5 Å². The molecule has 0 bridgehead atoms. The maximum atomic E-state index is 12.7. The highest BCUT2D eigenvalue weighted by Gasteiger charge is 2.36. The van der Waals surface area contributed by atoms with Gasteiger partial charge in [-0.15, -0.1) is 0 Å². The van der Waals surface area contributed by atoms with Crippen molar-refractivity contribution in [1.82, 2.24) is 4.90 Å². The Morgan fingerprint density at radius 2 is 1.85 bits per heavy atom. The number of nitro groups is 1. The number of benzene rings is 2. The van der Waals surface area contributed by atoms with Crippen molar-refractivity contribution in [3.63, 3.8) is 0 Å². The summed E-state index contributed by atoms with van der Waals surface area (Å²) in [7, 11) is 0. The second kappa shape index (κ2) is 9.13. The number of hydrogen-bond donors (Lipinski definition) is 1. The van der Waals surface area contributed by atoms with Crippen molar-refractivity contribution in [3.05, 3.63) is 87.0 Å². The number of carbonyl (C=O) groups excluding carboxylic acids is 3. The van der Waals surface area contributed by atoms with Gasteiger partial charge in [0.25, 0.3) is 16.8 Å². The van der Waals surface area contributed by atoms with Gasteiger partial charge in [-0.3, -0.25) is 29.4 Å². The monoisotopic (exact) mass is 463 g/mol. The Labute approximate surface area is 192 Å². The highest BCUT2D eigenvalue weighted by Crippen LogP contribution is 2.33. The van der Waals surface area contributed by atoms with Crippen LogP contribution in [-0.2, 0) is 9.59 Å². The zero-order valence-electron chi connectivity index (χ0n) is 17.3. The summed E-state index contributed by atoms with van der Waals surface area (Å²) in [6, 6.07) is 16.3. The van der Waals surface area contributed by atoms with Crippen molar-refractivity contribution in [2.24, 2.45) is 0 Å². The predicted octanol–water partition coefficient (Wildman–Crippen LogP) is 4.84. The molecule has 3 aromatic rings. The number of imide groups is 1. The summed E-state index contributed by atoms with van der Waals surface area (Å²) in [6.45, 7) is 1.44. The van der Waals surface area contributed by atoms with Crippen LogP contribution in [0.4, 0.5) is 16.2 Å². The van der Waals surface area contributed by atoms with E-state index in [1.807, 2.05) is 19.1 Å². The van der Waals surface area contributed by atoms with Gasteiger partial charge >= 0.3 is 0 Å². The first-order chi connectivity index (χ1) is 15.8. The van der Waals surface area contributed by atoms with E-state index in [9.17, 15) is 24.5 Å². The molecule has 0 saturated carbocycles. The zero-order valence-corrected chi connectivity index (χ0v) is 18.1. The topological polar surface area (TPSA) is 123 Å². The SMILES string of the molecule is Cc1ccccc1NC(=O)CN1C(=O)S/C(=C/c2ccc(-c3ccc([N+](=O)[O-])cc3)o2)C1=O. The molecule has 9 nitrogen and oxygen atoms in total. The molecule has 1 aliphatic rings. The second-order valence-electron chi connectivity index (χ2n) is 7.14. The minimum Gasteiger partial charge on any atom is -0.457 e. The summed E-state index contributed by atoms with van der Waals surface area (Å²) < 4.78 is 5.70. The maximum absolute atomic E-state index is 12.7. The molecule has 1 fully saturated rings. The van der Waals surface area contributed by atoms with Gasteiger partial charge in [-0.05, 0) is 54.6 Å². The minimum absolute atomic E-state index is 0.0364. The number of anilines is 1. The molecule has 10 heteroatoms. The lowest BCUT2D eigenvalue weighted by atomic mass is 10.1. The number of rotatable bonds is 6. The zero-order chi connectivity index (χ0) is 23.5. The van der Waals surface area contributed by atoms with Gasteiger partial charge in [0.05, 0.1) is 9.83 Å². The van der Waals surface area contributed by atoms with Crippen molar-refractivity contribution < 1.29 is 23.7 Å². The third-order valence-electron chi connectivity index (χ3n) is 4.86. The summed E-state index contributed by atoms with van der Waals surface area (Å²) in [5, 5.41) is 12.9. The number of para-hydroxylation sites is 1. The smallest absolute Gasteiger partial charge is 0.294 e. The lowest BCUT2D eigenvalue weighted by molar-refractivity contribution is -0.384. The van der Waals surface area contributed by atoms with Gasteiger partial charge < -0.3 is 9.73 Å². The molecular formula is C23H17N3O6S. The van der Waals surface area contributed by atoms with E-state index in [-0.39, 0.29) is 10.6 Å². The lowest BCUT2D eigenvalue weighted by Crippen LogP contribution is -2.36. The third-order valence-corrected chi connectivity index (χ3v) is 5.76. The molecule has 1 N–H and O–H groups in total. The molecule has 1 aromatic heterocycles. The van der Waals surface area contributed by atoms with E-state index in [1.165, 1.54) is 18.2 Å². The van der Waals surface area contributed by atoms with Crippen molar-refractivity contribution in [1.29, 1.82) is 0 Å². The van der Waals surface area contributed by atoms with Crippen molar-refractivity contribution in [2.75, 3.05) is 11.9 Å². The van der Waals surface area contributed by atoms with Crippen LogP contribution in [0.2, 0.25) is 0 Å². The lowest BCUT2D eigenvalue weighted by Gasteiger charge is -2.13. The third kappa shape index (κ3) is 4.85. The van der Waals surface area contributed by atoms with Crippen LogP contribution in [0.1, 0.15) is 11.3 Å². The second-order valence-corrected chi connectivity index (χ2v) is 8.13. The molecule has 2 heterocycles. The fraction of sp³-hybridized carbons (Fsp3) is 0.0870. The van der Waals surface area contributed by atoms with Gasteiger partial charge in [0.1, 0.15) is 18.1 Å². The largest absolute Gasteiger partial charge is 0.457 e. The van der Waals surface area contributed by atoms with Crippen LogP contribution in [0.15, 0.2) is 70.0 Å². The van der Waals surface area contributed by atoms with Crippen LogP contribution in [0.3, 0.4) is 0 Å². The number of nitrogens with one attached hydrogen (secondary N) is 1. The van der Waals surface area contributed by atoms with Crippen molar-refractivity contribution >= 4 is 46.3 Å². The Balaban J connectivity index is 1.45. The van der Waals surface area contributed by atoms with Gasteiger partial charge in [0, 0.05) is 29.5 Å². The number of thioether (sulfide) groups is 1. The fourth-order valence-corrected chi connectivity index (χ4v) is 3.96. The van der Waals surface area contributed by atoms with Gasteiger partial charge in [-0.1, -0.05) is 18.2 Å². The molecule has 1 saturated heterocycles. The summed E-state index contributed by atoms with van der Waals surface area (Å²) in [5.41, 5.74) is 2.06. The summed E-state index contributed by atoms with van der Waals surface area (Å²) in [4.78, 5) is 48.7. The number of furan rings is 1. The molecule has 0 aliphatic carbocycles. The number of hydrogen-bond acceptors (Lipinski definition) is 7. The molecule has 0 radical (unpaired) electrons. The van der Waals surface area contributed by atoms with Crippen LogP contribution in [0.25, 0.3) is 17.4 Å². The molecule has 0 spiro atoms. The number of nitro benzene ring substituents is 1. The molecule has 166 valence electrons. The fourth-order valence-electron chi connectivity index (χ4n) is 3.14. The first-order valence-electron chi connectivity index (χ1n) is 9.77. The standard InChI is InChI=1S/C23H17N3O6S/c1-14-4-2-3-5-18(14)24-21(27)13-25-22(28)20(33-23(25)29)12-17-10-11-19(32-17)15-6-8-16(9-7-15)26(30)31/h2-12H,13H2,1H3,(H,24,27)/b20-12+. The van der Waals surface area contributed by atoms with E-state index in [4.69, 9.17) is 4.42 Å². The van der Waals surface area contributed by atoms with Crippen LogP contribution in [0, 0.1) is 17.0 Å². The van der Waals surface area contributed by atoms with E-state index in [0.717, 1.165) is 22.2 Å². The quantitative estimate of drug-likeness (QED) is 0.315. The molecule has 33 heavy (non-hydrogen) atoms. The molecule has 2 aromatic carbocycles. The van der Waals surface area contributed by atoms with E-state index >= 15 is 0 Å². The van der Waals surface area contributed by atoms with Crippen molar-refractivity contribution in [2.45, 2.75) is 6.92 Å². The number of aryl methyl sites for hydroxylation is 1. The predicted molar refractivity (Wildman–Crippen MR) is 123 cm³/mol. The summed E-state index contributed by atoms with van der Waals surface area (Å²) in [6.07, 6.45) is 1.43. The summed E-state index contributed by atoms with van der Waals surface area (Å²) >= 11 is 0.722. The molecule has 0 atom stereocenters. The molecule has 4 rings (SSSR count). The highest BCUT2D eigenvalue weighted by molar-refractivity contribution is 8.18. The van der Waals surface area contributed by atoms with Gasteiger partial charge in [0.15, 0.2) is 0 Å². The Bertz CT molecular complexity index is 1300. The van der Waals surface area contributed by atoms with Crippen LogP contribution >= 0.6 is 11.8 Å². The number of carbonyl (C=O) groups is 3. The van der Waals surface area contributed by atoms with E-state index in [1.54, 1.807) is 36.4 Å². The first-order valence-corrected chi connectivity index (χ1v) is 10.6. The minimum atomic E-state index is -0.585. The maximum Gasteiger partial charge on any atom is 0.294 e. The Hall–Kier alpha value is -4.18. The van der Waals surface area contributed by atoms with Crippen LogP contribution in [0.5, 0.6) is 0 Å². The Kier molecular flexibility index (Phi) is 6.09.